The fourth-order valence-electron chi connectivity index (χ4n) is 3.66. The van der Waals surface area contributed by atoms with E-state index in [1.807, 2.05) is 6.07 Å². The highest BCUT2D eigenvalue weighted by molar-refractivity contribution is 5.34. The van der Waals surface area contributed by atoms with E-state index in [1.165, 1.54) is 6.07 Å². The topological polar surface area (TPSA) is 56.5 Å². The summed E-state index contributed by atoms with van der Waals surface area (Å²) in [6.07, 6.45) is 2.70. The highest BCUT2D eigenvalue weighted by atomic mass is 19.1. The zero-order valence-electron chi connectivity index (χ0n) is 12.5. The van der Waals surface area contributed by atoms with Gasteiger partial charge in [0.1, 0.15) is 11.9 Å². The Labute approximate surface area is 130 Å². The molecule has 5 heteroatoms. The fraction of sp³-hybridized carbons (Fsp3) is 0.588. The molecule has 0 bridgehead atoms. The third-order valence-electron chi connectivity index (χ3n) is 4.84. The minimum absolute atomic E-state index is 0.0863. The molecular weight excluding hydrogens is 283 g/mol. The number of halogens is 1. The van der Waals surface area contributed by atoms with Gasteiger partial charge in [-0.25, -0.2) is 4.39 Å². The highest BCUT2D eigenvalue weighted by Crippen LogP contribution is 2.32. The molecular formula is C17H21FN2O2. The second kappa shape index (κ2) is 6.74. The third-order valence-corrected chi connectivity index (χ3v) is 4.84. The molecule has 1 saturated heterocycles. The van der Waals surface area contributed by atoms with Crippen LogP contribution in [0, 0.1) is 23.1 Å². The first-order valence-electron chi connectivity index (χ1n) is 7.87. The molecule has 0 amide bonds. The quantitative estimate of drug-likeness (QED) is 0.928. The van der Waals surface area contributed by atoms with Crippen molar-refractivity contribution in [3.8, 4) is 6.07 Å². The molecule has 0 radical (unpaired) electrons. The molecule has 3 rings (SSSR count). The second-order valence-electron chi connectivity index (χ2n) is 6.20. The minimum atomic E-state index is -0.476. The Kier molecular flexibility index (Phi) is 4.72. The van der Waals surface area contributed by atoms with Crippen LogP contribution in [-0.2, 0) is 11.3 Å². The van der Waals surface area contributed by atoms with Gasteiger partial charge < -0.3 is 9.84 Å². The van der Waals surface area contributed by atoms with Gasteiger partial charge in [-0.1, -0.05) is 12.5 Å². The van der Waals surface area contributed by atoms with Crippen molar-refractivity contribution in [2.24, 2.45) is 5.92 Å². The molecule has 1 N–H and O–H groups in total. The lowest BCUT2D eigenvalue weighted by atomic mass is 9.94. The van der Waals surface area contributed by atoms with Crippen molar-refractivity contribution in [2.45, 2.75) is 38.0 Å². The van der Waals surface area contributed by atoms with Gasteiger partial charge in [-0.05, 0) is 30.5 Å². The molecule has 3 unspecified atom stereocenters. The standard InChI is InChI=1S/C17H21FN2O2/c18-15-5-4-12(8-13(15)9-19)10-20-6-7-22-11-16(20)14-2-1-3-17(14)21/h4-5,8,14,16-17,21H,1-3,6-7,10-11H2. The first kappa shape index (κ1) is 15.4. The second-order valence-corrected chi connectivity index (χ2v) is 6.20. The van der Waals surface area contributed by atoms with Gasteiger partial charge >= 0.3 is 0 Å². The van der Waals surface area contributed by atoms with Gasteiger partial charge in [-0.3, -0.25) is 4.90 Å². The molecule has 2 fully saturated rings. The summed E-state index contributed by atoms with van der Waals surface area (Å²) in [4.78, 5) is 2.30. The molecule has 0 spiro atoms. The molecule has 1 aliphatic heterocycles. The van der Waals surface area contributed by atoms with Crippen LogP contribution in [0.3, 0.4) is 0 Å². The molecule has 22 heavy (non-hydrogen) atoms. The van der Waals surface area contributed by atoms with E-state index in [9.17, 15) is 9.50 Å². The summed E-state index contributed by atoms with van der Waals surface area (Å²) in [5, 5.41) is 19.1. The number of aliphatic hydroxyl groups excluding tert-OH is 1. The van der Waals surface area contributed by atoms with Crippen LogP contribution < -0.4 is 0 Å². The molecule has 0 aromatic heterocycles. The molecule has 4 nitrogen and oxygen atoms in total. The lowest BCUT2D eigenvalue weighted by Gasteiger charge is -2.40. The number of benzene rings is 1. The Hall–Kier alpha value is -1.48. The average Bonchev–Trinajstić information content (AvgIpc) is 2.96. The first-order valence-corrected chi connectivity index (χ1v) is 7.87. The van der Waals surface area contributed by atoms with Gasteiger partial charge in [0, 0.05) is 25.0 Å². The van der Waals surface area contributed by atoms with Crippen LogP contribution in [0.5, 0.6) is 0 Å². The minimum Gasteiger partial charge on any atom is -0.393 e. The van der Waals surface area contributed by atoms with E-state index in [1.54, 1.807) is 12.1 Å². The van der Waals surface area contributed by atoms with Gasteiger partial charge in [-0.2, -0.15) is 5.26 Å². The van der Waals surface area contributed by atoms with Crippen molar-refractivity contribution in [1.29, 1.82) is 5.26 Å². The van der Waals surface area contributed by atoms with Crippen molar-refractivity contribution in [3.63, 3.8) is 0 Å². The zero-order valence-corrected chi connectivity index (χ0v) is 12.5. The lowest BCUT2D eigenvalue weighted by molar-refractivity contribution is -0.0536. The summed E-state index contributed by atoms with van der Waals surface area (Å²) in [6.45, 7) is 2.76. The monoisotopic (exact) mass is 304 g/mol. The van der Waals surface area contributed by atoms with Crippen LogP contribution in [-0.4, -0.2) is 41.9 Å². The normalized spacial score (nSPS) is 29.4. The van der Waals surface area contributed by atoms with E-state index < -0.39 is 5.82 Å². The predicted octanol–water partition coefficient (Wildman–Crippen LogP) is 2.06. The van der Waals surface area contributed by atoms with E-state index in [0.717, 1.165) is 31.4 Å². The first-order chi connectivity index (χ1) is 10.7. The summed E-state index contributed by atoms with van der Waals surface area (Å²) in [7, 11) is 0. The van der Waals surface area contributed by atoms with Gasteiger partial charge in [0.25, 0.3) is 0 Å². The third kappa shape index (κ3) is 3.14. The summed E-state index contributed by atoms with van der Waals surface area (Å²) < 4.78 is 19.0. The number of nitrogens with zero attached hydrogens (tertiary/aromatic N) is 2. The van der Waals surface area contributed by atoms with Crippen LogP contribution >= 0.6 is 0 Å². The Morgan fingerprint density at radius 1 is 1.41 bits per heavy atom. The van der Waals surface area contributed by atoms with Crippen LogP contribution in [0.4, 0.5) is 4.39 Å². The Balaban J connectivity index is 1.75. The highest BCUT2D eigenvalue weighted by Gasteiger charge is 2.37. The predicted molar refractivity (Wildman–Crippen MR) is 79.5 cm³/mol. The van der Waals surface area contributed by atoms with Crippen LogP contribution in [0.1, 0.15) is 30.4 Å². The van der Waals surface area contributed by atoms with Gasteiger partial charge in [0.2, 0.25) is 0 Å². The van der Waals surface area contributed by atoms with E-state index in [0.29, 0.717) is 19.8 Å². The molecule has 3 atom stereocenters. The Morgan fingerprint density at radius 2 is 2.27 bits per heavy atom. The van der Waals surface area contributed by atoms with Gasteiger partial charge in [0.05, 0.1) is 24.9 Å². The fourth-order valence-corrected chi connectivity index (χ4v) is 3.66. The van der Waals surface area contributed by atoms with Gasteiger partial charge in [0.15, 0.2) is 0 Å². The molecule has 118 valence electrons. The number of hydrogen-bond acceptors (Lipinski definition) is 4. The van der Waals surface area contributed by atoms with Crippen molar-refractivity contribution >= 4 is 0 Å². The number of hydrogen-bond donors (Lipinski definition) is 1. The molecule has 1 aliphatic carbocycles. The lowest BCUT2D eigenvalue weighted by Crippen LogP contribution is -2.50. The summed E-state index contributed by atoms with van der Waals surface area (Å²) >= 11 is 0. The van der Waals surface area contributed by atoms with E-state index in [2.05, 4.69) is 4.90 Å². The van der Waals surface area contributed by atoms with Crippen molar-refractivity contribution < 1.29 is 14.2 Å². The van der Waals surface area contributed by atoms with E-state index in [4.69, 9.17) is 10.00 Å². The summed E-state index contributed by atoms with van der Waals surface area (Å²) in [5.41, 5.74) is 1.01. The largest absolute Gasteiger partial charge is 0.393 e. The number of rotatable bonds is 3. The molecule has 1 aromatic rings. The number of nitriles is 1. The number of ether oxygens (including phenoxy) is 1. The zero-order chi connectivity index (χ0) is 15.5. The van der Waals surface area contributed by atoms with Crippen LogP contribution in [0.15, 0.2) is 18.2 Å². The van der Waals surface area contributed by atoms with Crippen molar-refractivity contribution in [2.75, 3.05) is 19.8 Å². The maximum atomic E-state index is 13.4. The number of aliphatic hydroxyl groups is 1. The van der Waals surface area contributed by atoms with E-state index in [-0.39, 0.29) is 23.6 Å². The average molecular weight is 304 g/mol. The maximum Gasteiger partial charge on any atom is 0.140 e. The molecule has 1 saturated carbocycles. The summed E-state index contributed by atoms with van der Waals surface area (Å²) in [5.74, 6) is -0.229. The van der Waals surface area contributed by atoms with E-state index >= 15 is 0 Å². The van der Waals surface area contributed by atoms with Crippen molar-refractivity contribution in [3.05, 3.63) is 35.1 Å². The summed E-state index contributed by atoms with van der Waals surface area (Å²) in [6, 6.07) is 6.79. The van der Waals surface area contributed by atoms with Crippen LogP contribution in [0.25, 0.3) is 0 Å². The smallest absolute Gasteiger partial charge is 0.140 e. The molecule has 1 aromatic carbocycles. The molecule has 2 aliphatic rings. The molecule has 1 heterocycles. The number of morpholine rings is 1. The Bertz CT molecular complexity index is 572. The van der Waals surface area contributed by atoms with Gasteiger partial charge in [-0.15, -0.1) is 0 Å². The van der Waals surface area contributed by atoms with Crippen LogP contribution in [0.2, 0.25) is 0 Å². The van der Waals surface area contributed by atoms with Crippen molar-refractivity contribution in [1.82, 2.24) is 4.90 Å². The Morgan fingerprint density at radius 3 is 3.00 bits per heavy atom. The SMILES string of the molecule is N#Cc1cc(CN2CCOCC2C2CCCC2O)ccc1F. The maximum absolute atomic E-state index is 13.4.